The number of aromatic hydroxyl groups is 1. The number of benzene rings is 1. The molecule has 0 bridgehead atoms. The van der Waals surface area contributed by atoms with Gasteiger partial charge in [-0.05, 0) is 12.1 Å². The molecule has 0 aliphatic carbocycles. The molecule has 88 valence electrons. The molecule has 0 atom stereocenters. The number of phenols is 1. The largest absolute Gasteiger partial charge is 0.504 e. The van der Waals surface area contributed by atoms with Crippen molar-refractivity contribution in [2.45, 2.75) is 0 Å². The molecule has 0 unspecified atom stereocenters. The van der Waals surface area contributed by atoms with Crippen LogP contribution in [0.2, 0.25) is 0 Å². The van der Waals surface area contributed by atoms with Crippen molar-refractivity contribution in [1.82, 2.24) is 10.2 Å². The van der Waals surface area contributed by atoms with Gasteiger partial charge in [-0.15, -0.1) is 0 Å². The molecule has 17 heavy (non-hydrogen) atoms. The van der Waals surface area contributed by atoms with Gasteiger partial charge in [0.15, 0.2) is 17.8 Å². The minimum atomic E-state index is -0.0918. The Hall–Kier alpha value is -2.50. The summed E-state index contributed by atoms with van der Waals surface area (Å²) in [5.41, 5.74) is 6.98. The van der Waals surface area contributed by atoms with E-state index in [0.29, 0.717) is 28.9 Å². The summed E-state index contributed by atoms with van der Waals surface area (Å²) in [6, 6.07) is 4.48. The van der Waals surface area contributed by atoms with Crippen molar-refractivity contribution in [2.24, 2.45) is 0 Å². The first kappa shape index (κ1) is 11.0. The van der Waals surface area contributed by atoms with E-state index in [2.05, 4.69) is 10.2 Å². The number of nitrogens with zero attached hydrogens (tertiary/aromatic N) is 1. The first-order valence-electron chi connectivity index (χ1n) is 4.83. The Morgan fingerprint density at radius 1 is 1.47 bits per heavy atom. The van der Waals surface area contributed by atoms with E-state index in [1.807, 2.05) is 0 Å². The van der Waals surface area contributed by atoms with Crippen molar-refractivity contribution in [3.05, 3.63) is 23.8 Å². The van der Waals surface area contributed by atoms with Crippen molar-refractivity contribution in [2.75, 3.05) is 12.8 Å². The third-order valence-corrected chi connectivity index (χ3v) is 2.37. The van der Waals surface area contributed by atoms with E-state index < -0.39 is 0 Å². The summed E-state index contributed by atoms with van der Waals surface area (Å²) >= 11 is 0. The standard InChI is InChI=1S/C11H11N3O3/c1-17-10-3-7(6(5-15)2-9(10)16)8-4-11(12)14-13-8/h2-5,16H,1H3,(H3,12,13,14). The number of aldehydes is 1. The predicted molar refractivity (Wildman–Crippen MR) is 62.0 cm³/mol. The number of hydrogen-bond donors (Lipinski definition) is 3. The van der Waals surface area contributed by atoms with Crippen LogP contribution >= 0.6 is 0 Å². The van der Waals surface area contributed by atoms with Gasteiger partial charge in [0.05, 0.1) is 12.8 Å². The SMILES string of the molecule is COc1cc(-c2cc(N)n[nH]2)c(C=O)cc1O. The van der Waals surface area contributed by atoms with Crippen molar-refractivity contribution in [3.63, 3.8) is 0 Å². The van der Waals surface area contributed by atoms with Gasteiger partial charge in [0.1, 0.15) is 5.82 Å². The molecule has 1 aromatic heterocycles. The van der Waals surface area contributed by atoms with Gasteiger partial charge in [-0.3, -0.25) is 9.89 Å². The number of H-pyrrole nitrogens is 1. The number of phenolic OH excluding ortho intramolecular Hbond substituents is 1. The lowest BCUT2D eigenvalue weighted by molar-refractivity contribution is 0.112. The molecular formula is C11H11N3O3. The van der Waals surface area contributed by atoms with E-state index in [1.54, 1.807) is 12.1 Å². The molecule has 0 saturated heterocycles. The molecule has 0 fully saturated rings. The number of aromatic nitrogens is 2. The summed E-state index contributed by atoms with van der Waals surface area (Å²) in [6.45, 7) is 0. The van der Waals surface area contributed by atoms with Gasteiger partial charge in [-0.25, -0.2) is 0 Å². The number of nitrogen functional groups attached to an aromatic ring is 1. The highest BCUT2D eigenvalue weighted by molar-refractivity contribution is 5.88. The second-order valence-electron chi connectivity index (χ2n) is 3.44. The van der Waals surface area contributed by atoms with Gasteiger partial charge < -0.3 is 15.6 Å². The molecule has 2 rings (SSSR count). The first-order valence-corrected chi connectivity index (χ1v) is 4.83. The van der Waals surface area contributed by atoms with E-state index in [4.69, 9.17) is 10.5 Å². The van der Waals surface area contributed by atoms with Crippen molar-refractivity contribution < 1.29 is 14.6 Å². The van der Waals surface area contributed by atoms with Crippen LogP contribution in [-0.4, -0.2) is 28.7 Å². The number of nitrogens with two attached hydrogens (primary N) is 1. The molecule has 6 heteroatoms. The highest BCUT2D eigenvalue weighted by Gasteiger charge is 2.12. The second kappa shape index (κ2) is 4.17. The highest BCUT2D eigenvalue weighted by atomic mass is 16.5. The van der Waals surface area contributed by atoms with E-state index in [9.17, 15) is 9.90 Å². The van der Waals surface area contributed by atoms with Crippen LogP contribution < -0.4 is 10.5 Å². The Bertz CT molecular complexity index is 563. The smallest absolute Gasteiger partial charge is 0.161 e. The molecule has 0 spiro atoms. The fourth-order valence-electron chi connectivity index (χ4n) is 1.55. The molecule has 4 N–H and O–H groups in total. The van der Waals surface area contributed by atoms with Crippen LogP contribution in [0.15, 0.2) is 18.2 Å². The van der Waals surface area contributed by atoms with E-state index in [0.717, 1.165) is 0 Å². The summed E-state index contributed by atoms with van der Waals surface area (Å²) in [5, 5.41) is 16.0. The van der Waals surface area contributed by atoms with Crippen LogP contribution in [0.5, 0.6) is 11.5 Å². The number of aromatic amines is 1. The number of nitrogens with one attached hydrogen (secondary N) is 1. The number of ether oxygens (including phenoxy) is 1. The fourth-order valence-corrected chi connectivity index (χ4v) is 1.55. The molecule has 0 aliphatic heterocycles. The molecular weight excluding hydrogens is 222 g/mol. The normalized spacial score (nSPS) is 10.2. The van der Waals surface area contributed by atoms with Crippen LogP contribution in [0.1, 0.15) is 10.4 Å². The van der Waals surface area contributed by atoms with Crippen molar-refractivity contribution >= 4 is 12.1 Å². The van der Waals surface area contributed by atoms with Gasteiger partial charge in [0, 0.05) is 17.2 Å². The van der Waals surface area contributed by atoms with Crippen LogP contribution in [-0.2, 0) is 0 Å². The second-order valence-corrected chi connectivity index (χ2v) is 3.44. The van der Waals surface area contributed by atoms with E-state index in [-0.39, 0.29) is 11.5 Å². The van der Waals surface area contributed by atoms with E-state index >= 15 is 0 Å². The third kappa shape index (κ3) is 1.92. The summed E-state index contributed by atoms with van der Waals surface area (Å²) in [6.07, 6.45) is 0.644. The molecule has 1 aromatic carbocycles. The lowest BCUT2D eigenvalue weighted by atomic mass is 10.0. The Labute approximate surface area is 97.0 Å². The molecule has 0 amide bonds. The lowest BCUT2D eigenvalue weighted by Gasteiger charge is -2.07. The minimum Gasteiger partial charge on any atom is -0.504 e. The Morgan fingerprint density at radius 2 is 2.24 bits per heavy atom. The average Bonchev–Trinajstić information content (AvgIpc) is 2.75. The maximum Gasteiger partial charge on any atom is 0.161 e. The Morgan fingerprint density at radius 3 is 2.76 bits per heavy atom. The lowest BCUT2D eigenvalue weighted by Crippen LogP contribution is -1.91. The Kier molecular flexibility index (Phi) is 2.70. The predicted octanol–water partition coefficient (Wildman–Crippen LogP) is 1.19. The van der Waals surface area contributed by atoms with Gasteiger partial charge in [0.2, 0.25) is 0 Å². The number of methoxy groups -OCH3 is 1. The highest BCUT2D eigenvalue weighted by Crippen LogP contribution is 2.33. The zero-order valence-corrected chi connectivity index (χ0v) is 9.10. The van der Waals surface area contributed by atoms with Crippen LogP contribution in [0, 0.1) is 0 Å². The summed E-state index contributed by atoms with van der Waals surface area (Å²) in [7, 11) is 1.43. The maximum absolute atomic E-state index is 10.9. The van der Waals surface area contributed by atoms with Crippen molar-refractivity contribution in [1.29, 1.82) is 0 Å². The van der Waals surface area contributed by atoms with Gasteiger partial charge in [0.25, 0.3) is 0 Å². The topological polar surface area (TPSA) is 101 Å². The molecule has 1 heterocycles. The number of rotatable bonds is 3. The fraction of sp³-hybridized carbons (Fsp3) is 0.0909. The molecule has 2 aromatic rings. The quantitative estimate of drug-likeness (QED) is 0.691. The maximum atomic E-state index is 10.9. The van der Waals surface area contributed by atoms with Crippen LogP contribution in [0.25, 0.3) is 11.3 Å². The summed E-state index contributed by atoms with van der Waals surface area (Å²) < 4.78 is 4.98. The zero-order chi connectivity index (χ0) is 12.4. The third-order valence-electron chi connectivity index (χ3n) is 2.37. The number of carbonyl (C=O) groups is 1. The van der Waals surface area contributed by atoms with Crippen molar-refractivity contribution in [3.8, 4) is 22.8 Å². The van der Waals surface area contributed by atoms with Crippen LogP contribution in [0.4, 0.5) is 5.82 Å². The summed E-state index contributed by atoms with van der Waals surface area (Å²) in [4.78, 5) is 10.9. The molecule has 0 saturated carbocycles. The number of hydrogen-bond acceptors (Lipinski definition) is 5. The minimum absolute atomic E-state index is 0.0918. The van der Waals surface area contributed by atoms with Gasteiger partial charge >= 0.3 is 0 Å². The molecule has 0 aliphatic rings. The summed E-state index contributed by atoms with van der Waals surface area (Å²) in [5.74, 6) is 0.508. The zero-order valence-electron chi connectivity index (χ0n) is 9.10. The van der Waals surface area contributed by atoms with Gasteiger partial charge in [-0.1, -0.05) is 0 Å². The average molecular weight is 233 g/mol. The molecule has 6 nitrogen and oxygen atoms in total. The van der Waals surface area contributed by atoms with Crippen LogP contribution in [0.3, 0.4) is 0 Å². The van der Waals surface area contributed by atoms with Gasteiger partial charge in [-0.2, -0.15) is 5.10 Å². The van der Waals surface area contributed by atoms with E-state index in [1.165, 1.54) is 13.2 Å². The number of anilines is 1. The monoisotopic (exact) mass is 233 g/mol. The first-order chi connectivity index (χ1) is 8.15. The number of carbonyl (C=O) groups excluding carboxylic acids is 1. The Balaban J connectivity index is 2.62. The molecule has 0 radical (unpaired) electrons.